The summed E-state index contributed by atoms with van der Waals surface area (Å²) in [5.41, 5.74) is 0. The summed E-state index contributed by atoms with van der Waals surface area (Å²) in [7, 11) is 0. The second-order valence-corrected chi connectivity index (χ2v) is 5.54. The first kappa shape index (κ1) is 11.9. The van der Waals surface area contributed by atoms with E-state index >= 15 is 0 Å². The topological polar surface area (TPSA) is 41.1 Å². The fraction of sp³-hybridized carbons (Fsp3) is 0.714. The van der Waals surface area contributed by atoms with Gasteiger partial charge in [0.2, 0.25) is 0 Å². The van der Waals surface area contributed by atoms with E-state index < -0.39 is 0 Å². The van der Waals surface area contributed by atoms with Gasteiger partial charge in [-0.3, -0.25) is 0 Å². The molecule has 4 nitrogen and oxygen atoms in total. The number of rotatable bonds is 4. The van der Waals surface area contributed by atoms with E-state index in [2.05, 4.69) is 33.4 Å². The number of nitrogens with zero attached hydrogens (tertiary/aromatic N) is 3. The van der Waals surface area contributed by atoms with Crippen LogP contribution in [0.5, 0.6) is 0 Å². The summed E-state index contributed by atoms with van der Waals surface area (Å²) < 4.78 is 0. The molecule has 2 bridgehead atoms. The fourth-order valence-electron chi connectivity index (χ4n) is 3.45. The van der Waals surface area contributed by atoms with E-state index in [9.17, 15) is 0 Å². The van der Waals surface area contributed by atoms with E-state index in [-0.39, 0.29) is 0 Å². The lowest BCUT2D eigenvalue weighted by Gasteiger charge is -2.38. The highest BCUT2D eigenvalue weighted by atomic mass is 15.3. The van der Waals surface area contributed by atoms with Crippen LogP contribution in [0.4, 0.5) is 5.82 Å². The van der Waals surface area contributed by atoms with Crippen molar-refractivity contribution in [2.24, 2.45) is 0 Å². The SMILES string of the molecule is CCCN(c1cccnn1)C1CC2CCC(C1)N2. The molecular weight excluding hydrogens is 224 g/mol. The smallest absolute Gasteiger partial charge is 0.151 e. The lowest BCUT2D eigenvalue weighted by molar-refractivity contribution is 0.345. The fourth-order valence-corrected chi connectivity index (χ4v) is 3.45. The first-order chi connectivity index (χ1) is 8.86. The van der Waals surface area contributed by atoms with Crippen molar-refractivity contribution in [1.29, 1.82) is 0 Å². The van der Waals surface area contributed by atoms with Gasteiger partial charge in [-0.2, -0.15) is 5.10 Å². The molecule has 2 fully saturated rings. The molecule has 2 aliphatic rings. The van der Waals surface area contributed by atoms with Gasteiger partial charge >= 0.3 is 0 Å². The zero-order valence-electron chi connectivity index (χ0n) is 11.0. The maximum absolute atomic E-state index is 4.30. The van der Waals surface area contributed by atoms with Gasteiger partial charge in [0.15, 0.2) is 5.82 Å². The minimum atomic E-state index is 0.639. The average Bonchev–Trinajstić information content (AvgIpc) is 2.76. The van der Waals surface area contributed by atoms with Crippen LogP contribution >= 0.6 is 0 Å². The summed E-state index contributed by atoms with van der Waals surface area (Å²) >= 11 is 0. The molecule has 0 aliphatic carbocycles. The molecule has 2 unspecified atom stereocenters. The molecule has 2 aliphatic heterocycles. The van der Waals surface area contributed by atoms with Crippen molar-refractivity contribution >= 4 is 5.82 Å². The molecule has 1 aromatic heterocycles. The first-order valence-corrected chi connectivity index (χ1v) is 7.17. The predicted molar refractivity (Wildman–Crippen MR) is 72.6 cm³/mol. The van der Waals surface area contributed by atoms with Gasteiger partial charge < -0.3 is 10.2 Å². The highest BCUT2D eigenvalue weighted by molar-refractivity contribution is 5.38. The Morgan fingerprint density at radius 2 is 2.11 bits per heavy atom. The Morgan fingerprint density at radius 1 is 1.33 bits per heavy atom. The van der Waals surface area contributed by atoms with Crippen LogP contribution in [-0.4, -0.2) is 34.9 Å². The molecule has 4 heteroatoms. The Hall–Kier alpha value is -1.16. The maximum Gasteiger partial charge on any atom is 0.151 e. The number of anilines is 1. The van der Waals surface area contributed by atoms with E-state index in [1.54, 1.807) is 6.20 Å². The number of nitrogens with one attached hydrogen (secondary N) is 1. The zero-order valence-corrected chi connectivity index (χ0v) is 11.0. The average molecular weight is 246 g/mol. The van der Waals surface area contributed by atoms with Crippen molar-refractivity contribution in [2.75, 3.05) is 11.4 Å². The standard InChI is InChI=1S/C14H22N4/c1-2-8-18(14-4-3-7-15-17-14)13-9-11-5-6-12(10-13)16-11/h3-4,7,11-13,16H,2,5-6,8-10H2,1H3. The van der Waals surface area contributed by atoms with E-state index in [1.165, 1.54) is 25.7 Å². The number of fused-ring (bicyclic) bond motifs is 2. The van der Waals surface area contributed by atoms with E-state index in [0.29, 0.717) is 6.04 Å². The van der Waals surface area contributed by atoms with Crippen LogP contribution in [0.3, 0.4) is 0 Å². The van der Waals surface area contributed by atoms with Crippen molar-refractivity contribution in [3.8, 4) is 0 Å². The molecular formula is C14H22N4. The third-order valence-electron chi connectivity index (χ3n) is 4.21. The highest BCUT2D eigenvalue weighted by Crippen LogP contribution is 2.31. The molecule has 3 heterocycles. The molecule has 0 amide bonds. The Bertz CT molecular complexity index is 369. The van der Waals surface area contributed by atoms with Crippen molar-refractivity contribution in [2.45, 2.75) is 57.2 Å². The molecule has 0 spiro atoms. The Labute approximate surface area is 109 Å². The molecule has 3 rings (SSSR count). The van der Waals surface area contributed by atoms with Crippen LogP contribution in [-0.2, 0) is 0 Å². The van der Waals surface area contributed by atoms with Crippen molar-refractivity contribution in [3.05, 3.63) is 18.3 Å². The molecule has 0 radical (unpaired) electrons. The van der Waals surface area contributed by atoms with Gasteiger partial charge in [0, 0.05) is 30.9 Å². The van der Waals surface area contributed by atoms with Crippen LogP contribution in [0.25, 0.3) is 0 Å². The van der Waals surface area contributed by atoms with Crippen LogP contribution in [0.15, 0.2) is 18.3 Å². The minimum absolute atomic E-state index is 0.639. The molecule has 18 heavy (non-hydrogen) atoms. The number of hydrogen-bond donors (Lipinski definition) is 1. The molecule has 98 valence electrons. The quantitative estimate of drug-likeness (QED) is 0.882. The zero-order chi connectivity index (χ0) is 12.4. The first-order valence-electron chi connectivity index (χ1n) is 7.17. The maximum atomic E-state index is 4.30. The lowest BCUT2D eigenvalue weighted by atomic mass is 9.98. The Morgan fingerprint density at radius 3 is 2.72 bits per heavy atom. The largest absolute Gasteiger partial charge is 0.352 e. The Balaban J connectivity index is 1.77. The van der Waals surface area contributed by atoms with Crippen LogP contribution < -0.4 is 10.2 Å². The van der Waals surface area contributed by atoms with Crippen LogP contribution in [0.2, 0.25) is 0 Å². The summed E-state index contributed by atoms with van der Waals surface area (Å²) in [5.74, 6) is 1.05. The van der Waals surface area contributed by atoms with Gasteiger partial charge in [-0.05, 0) is 44.2 Å². The van der Waals surface area contributed by atoms with Gasteiger partial charge in [-0.15, -0.1) is 5.10 Å². The van der Waals surface area contributed by atoms with Crippen molar-refractivity contribution < 1.29 is 0 Å². The second kappa shape index (κ2) is 5.22. The summed E-state index contributed by atoms with van der Waals surface area (Å²) in [6.45, 7) is 3.32. The molecule has 2 atom stereocenters. The monoisotopic (exact) mass is 246 g/mol. The molecule has 1 N–H and O–H groups in total. The van der Waals surface area contributed by atoms with Crippen molar-refractivity contribution in [3.63, 3.8) is 0 Å². The molecule has 1 aromatic rings. The van der Waals surface area contributed by atoms with Gasteiger partial charge in [-0.25, -0.2) is 0 Å². The van der Waals surface area contributed by atoms with Gasteiger partial charge in [0.1, 0.15) is 0 Å². The van der Waals surface area contributed by atoms with Crippen LogP contribution in [0, 0.1) is 0 Å². The third-order valence-corrected chi connectivity index (χ3v) is 4.21. The lowest BCUT2D eigenvalue weighted by Crippen LogP contribution is -2.49. The Kier molecular flexibility index (Phi) is 3.46. The van der Waals surface area contributed by atoms with Gasteiger partial charge in [0.05, 0.1) is 0 Å². The third kappa shape index (κ3) is 2.34. The highest BCUT2D eigenvalue weighted by Gasteiger charge is 2.36. The summed E-state index contributed by atoms with van der Waals surface area (Å²) in [6, 6.07) is 6.17. The van der Waals surface area contributed by atoms with E-state index in [1.807, 2.05) is 6.07 Å². The van der Waals surface area contributed by atoms with Crippen LogP contribution in [0.1, 0.15) is 39.0 Å². The second-order valence-electron chi connectivity index (χ2n) is 5.54. The normalized spacial score (nSPS) is 30.4. The van der Waals surface area contributed by atoms with Gasteiger partial charge in [-0.1, -0.05) is 6.92 Å². The summed E-state index contributed by atoms with van der Waals surface area (Å²) in [6.07, 6.45) is 8.12. The molecule has 0 saturated carbocycles. The summed E-state index contributed by atoms with van der Waals surface area (Å²) in [5, 5.41) is 12.0. The number of piperidine rings is 1. The number of aromatic nitrogens is 2. The molecule has 2 saturated heterocycles. The van der Waals surface area contributed by atoms with Crippen molar-refractivity contribution in [1.82, 2.24) is 15.5 Å². The molecule has 0 aromatic carbocycles. The number of hydrogen-bond acceptors (Lipinski definition) is 4. The van der Waals surface area contributed by atoms with E-state index in [0.717, 1.165) is 30.9 Å². The predicted octanol–water partition coefficient (Wildman–Crippen LogP) is 1.98. The minimum Gasteiger partial charge on any atom is -0.352 e. The van der Waals surface area contributed by atoms with Gasteiger partial charge in [0.25, 0.3) is 0 Å². The summed E-state index contributed by atoms with van der Waals surface area (Å²) in [4.78, 5) is 2.47. The van der Waals surface area contributed by atoms with E-state index in [4.69, 9.17) is 0 Å².